The van der Waals surface area contributed by atoms with Gasteiger partial charge in [0.1, 0.15) is 0 Å². The van der Waals surface area contributed by atoms with Gasteiger partial charge in [-0.15, -0.1) is 0 Å². The molecule has 0 aromatic heterocycles. The van der Waals surface area contributed by atoms with Gasteiger partial charge in [-0.25, -0.2) is 0 Å². The van der Waals surface area contributed by atoms with Gasteiger partial charge < -0.3 is 5.32 Å². The summed E-state index contributed by atoms with van der Waals surface area (Å²) in [5.41, 5.74) is 4.66. The molecule has 0 bridgehead atoms. The van der Waals surface area contributed by atoms with Crippen molar-refractivity contribution in [2.75, 3.05) is 11.9 Å². The third kappa shape index (κ3) is 2.17. The Hall–Kier alpha value is -0.980. The van der Waals surface area contributed by atoms with Gasteiger partial charge in [0.15, 0.2) is 0 Å². The molecule has 15 heavy (non-hydrogen) atoms. The SMILES string of the molecule is CC(C)c1ccc2c(c1)CC(C)(C)CN2. The molecule has 0 saturated heterocycles. The lowest BCUT2D eigenvalue weighted by atomic mass is 9.81. The minimum Gasteiger partial charge on any atom is -0.384 e. The average molecular weight is 203 g/mol. The van der Waals surface area contributed by atoms with E-state index in [1.54, 1.807) is 0 Å². The van der Waals surface area contributed by atoms with Crippen molar-refractivity contribution in [1.29, 1.82) is 0 Å². The van der Waals surface area contributed by atoms with Gasteiger partial charge in [-0.2, -0.15) is 0 Å². The summed E-state index contributed by atoms with van der Waals surface area (Å²) < 4.78 is 0. The van der Waals surface area contributed by atoms with Gasteiger partial charge in [0.2, 0.25) is 0 Å². The molecule has 0 fully saturated rings. The van der Waals surface area contributed by atoms with Gasteiger partial charge >= 0.3 is 0 Å². The Balaban J connectivity index is 2.35. The Kier molecular flexibility index (Phi) is 2.49. The van der Waals surface area contributed by atoms with E-state index in [0.717, 1.165) is 6.54 Å². The summed E-state index contributed by atoms with van der Waals surface area (Å²) in [5.74, 6) is 0.625. The zero-order chi connectivity index (χ0) is 11.1. The topological polar surface area (TPSA) is 12.0 Å². The van der Waals surface area contributed by atoms with Crippen molar-refractivity contribution in [1.82, 2.24) is 0 Å². The molecule has 1 aromatic carbocycles. The second-order valence-electron chi connectivity index (χ2n) is 5.77. The molecule has 0 saturated carbocycles. The van der Waals surface area contributed by atoms with E-state index >= 15 is 0 Å². The molecule has 1 aliphatic rings. The van der Waals surface area contributed by atoms with Crippen molar-refractivity contribution >= 4 is 5.69 Å². The number of benzene rings is 1. The zero-order valence-electron chi connectivity index (χ0n) is 10.2. The standard InChI is InChI=1S/C14H21N/c1-10(2)11-5-6-13-12(7-11)8-14(3,4)9-15-13/h5-7,10,15H,8-9H2,1-4H3. The highest BCUT2D eigenvalue weighted by Gasteiger charge is 2.24. The van der Waals surface area contributed by atoms with Gasteiger partial charge in [-0.1, -0.05) is 39.8 Å². The van der Waals surface area contributed by atoms with E-state index < -0.39 is 0 Å². The summed E-state index contributed by atoms with van der Waals surface area (Å²) in [6.45, 7) is 10.2. The molecule has 1 heteroatoms. The fourth-order valence-corrected chi connectivity index (χ4v) is 2.20. The molecule has 1 N–H and O–H groups in total. The van der Waals surface area contributed by atoms with Gasteiger partial charge in [0.05, 0.1) is 0 Å². The highest BCUT2D eigenvalue weighted by molar-refractivity contribution is 5.55. The quantitative estimate of drug-likeness (QED) is 0.732. The molecule has 1 nitrogen and oxygen atoms in total. The second kappa shape index (κ2) is 3.55. The fourth-order valence-electron chi connectivity index (χ4n) is 2.20. The molecule has 0 amide bonds. The lowest BCUT2D eigenvalue weighted by Gasteiger charge is -2.33. The van der Waals surface area contributed by atoms with Crippen molar-refractivity contribution in [3.05, 3.63) is 29.3 Å². The summed E-state index contributed by atoms with van der Waals surface area (Å²) in [4.78, 5) is 0. The number of hydrogen-bond donors (Lipinski definition) is 1. The maximum Gasteiger partial charge on any atom is 0.0373 e. The molecule has 1 heterocycles. The van der Waals surface area contributed by atoms with Gasteiger partial charge in [-0.05, 0) is 34.9 Å². The van der Waals surface area contributed by atoms with Crippen molar-refractivity contribution < 1.29 is 0 Å². The molecule has 0 atom stereocenters. The minimum absolute atomic E-state index is 0.391. The Morgan fingerprint density at radius 1 is 1.27 bits per heavy atom. The lowest BCUT2D eigenvalue weighted by Crippen LogP contribution is -2.30. The third-order valence-electron chi connectivity index (χ3n) is 3.22. The minimum atomic E-state index is 0.391. The van der Waals surface area contributed by atoms with Gasteiger partial charge in [0.25, 0.3) is 0 Å². The van der Waals surface area contributed by atoms with Crippen molar-refractivity contribution in [3.63, 3.8) is 0 Å². The van der Waals surface area contributed by atoms with Crippen LogP contribution in [0.5, 0.6) is 0 Å². The smallest absolute Gasteiger partial charge is 0.0373 e. The summed E-state index contributed by atoms with van der Waals surface area (Å²) >= 11 is 0. The van der Waals surface area contributed by atoms with Gasteiger partial charge in [-0.3, -0.25) is 0 Å². The summed E-state index contributed by atoms with van der Waals surface area (Å²) in [6, 6.07) is 6.85. The first-order chi connectivity index (χ1) is 6.98. The van der Waals surface area contributed by atoms with Crippen LogP contribution in [0.4, 0.5) is 5.69 Å². The first-order valence-electron chi connectivity index (χ1n) is 5.85. The van der Waals surface area contributed by atoms with E-state index in [4.69, 9.17) is 0 Å². The predicted molar refractivity (Wildman–Crippen MR) is 66.5 cm³/mol. The van der Waals surface area contributed by atoms with Crippen LogP contribution in [0.1, 0.15) is 44.7 Å². The van der Waals surface area contributed by atoms with Crippen LogP contribution in [0.2, 0.25) is 0 Å². The number of fused-ring (bicyclic) bond motifs is 1. The van der Waals surface area contributed by atoms with Crippen molar-refractivity contribution in [2.45, 2.75) is 40.0 Å². The molecule has 2 rings (SSSR count). The molecule has 1 aromatic rings. The Morgan fingerprint density at radius 2 is 2.00 bits per heavy atom. The van der Waals surface area contributed by atoms with Crippen molar-refractivity contribution in [2.24, 2.45) is 5.41 Å². The largest absolute Gasteiger partial charge is 0.384 e. The monoisotopic (exact) mass is 203 g/mol. The summed E-state index contributed by atoms with van der Waals surface area (Å²) in [7, 11) is 0. The van der Waals surface area contributed by atoms with E-state index in [2.05, 4.69) is 51.2 Å². The Bertz CT molecular complexity index is 364. The molecule has 0 aliphatic carbocycles. The highest BCUT2D eigenvalue weighted by atomic mass is 14.9. The number of nitrogens with one attached hydrogen (secondary N) is 1. The molecule has 82 valence electrons. The first kappa shape index (κ1) is 10.5. The van der Waals surface area contributed by atoms with E-state index in [-0.39, 0.29) is 0 Å². The maximum atomic E-state index is 3.52. The number of hydrogen-bond acceptors (Lipinski definition) is 1. The predicted octanol–water partition coefficient (Wildman–Crippen LogP) is 3.80. The molecular formula is C14H21N. The number of rotatable bonds is 1. The fraction of sp³-hybridized carbons (Fsp3) is 0.571. The van der Waals surface area contributed by atoms with Crippen LogP contribution in [0.15, 0.2) is 18.2 Å². The highest BCUT2D eigenvalue weighted by Crippen LogP contribution is 2.33. The van der Waals surface area contributed by atoms with Crippen LogP contribution < -0.4 is 5.32 Å². The van der Waals surface area contributed by atoms with Crippen LogP contribution in [-0.2, 0) is 6.42 Å². The number of anilines is 1. The average Bonchev–Trinajstić information content (AvgIpc) is 2.15. The van der Waals surface area contributed by atoms with E-state index in [9.17, 15) is 0 Å². The molecule has 0 unspecified atom stereocenters. The van der Waals surface area contributed by atoms with Crippen LogP contribution in [0.25, 0.3) is 0 Å². The zero-order valence-corrected chi connectivity index (χ0v) is 10.2. The molecule has 0 spiro atoms. The van der Waals surface area contributed by atoms with E-state index in [0.29, 0.717) is 11.3 Å². The summed E-state index contributed by atoms with van der Waals surface area (Å²) in [5, 5.41) is 3.52. The maximum absolute atomic E-state index is 3.52. The van der Waals surface area contributed by atoms with Crippen LogP contribution in [-0.4, -0.2) is 6.54 Å². The third-order valence-corrected chi connectivity index (χ3v) is 3.22. The normalized spacial score (nSPS) is 18.5. The van der Waals surface area contributed by atoms with E-state index in [1.165, 1.54) is 23.2 Å². The summed E-state index contributed by atoms with van der Waals surface area (Å²) in [6.07, 6.45) is 1.19. The second-order valence-corrected chi connectivity index (χ2v) is 5.77. The van der Waals surface area contributed by atoms with Crippen molar-refractivity contribution in [3.8, 4) is 0 Å². The van der Waals surface area contributed by atoms with E-state index in [1.807, 2.05) is 0 Å². The molecule has 0 radical (unpaired) electrons. The Labute approximate surface area is 92.9 Å². The van der Waals surface area contributed by atoms with Crippen LogP contribution in [0.3, 0.4) is 0 Å². The van der Waals surface area contributed by atoms with Crippen LogP contribution in [0, 0.1) is 5.41 Å². The van der Waals surface area contributed by atoms with Gasteiger partial charge in [0, 0.05) is 12.2 Å². The molecule has 1 aliphatic heterocycles. The van der Waals surface area contributed by atoms with Crippen LogP contribution >= 0.6 is 0 Å². The lowest BCUT2D eigenvalue weighted by molar-refractivity contribution is 0.379. The Morgan fingerprint density at radius 3 is 2.67 bits per heavy atom. The molecular weight excluding hydrogens is 182 g/mol. The first-order valence-corrected chi connectivity index (χ1v) is 5.85.